The van der Waals surface area contributed by atoms with E-state index in [1.165, 1.54) is 0 Å². The van der Waals surface area contributed by atoms with Gasteiger partial charge in [0.05, 0.1) is 52.9 Å². The molecule has 0 aliphatic rings. The van der Waals surface area contributed by atoms with E-state index in [9.17, 15) is 14.4 Å². The van der Waals surface area contributed by atoms with Gasteiger partial charge < -0.3 is 56.3 Å². The summed E-state index contributed by atoms with van der Waals surface area (Å²) < 4.78 is 32.5. The van der Waals surface area contributed by atoms with E-state index in [1.807, 2.05) is 24.3 Å². The van der Waals surface area contributed by atoms with Gasteiger partial charge in [0.1, 0.15) is 18.1 Å². The van der Waals surface area contributed by atoms with Crippen molar-refractivity contribution < 1.29 is 42.8 Å². The number of hydrogen-bond donors (Lipinski definition) is 6. The fraction of sp³-hybridized carbons (Fsp3) is 0.622. The highest BCUT2D eigenvalue weighted by atomic mass is 35.5. The van der Waals surface area contributed by atoms with Crippen molar-refractivity contribution in [3.63, 3.8) is 0 Å². The van der Waals surface area contributed by atoms with E-state index in [0.29, 0.717) is 105 Å². The van der Waals surface area contributed by atoms with Crippen molar-refractivity contribution in [2.75, 3.05) is 104 Å². The largest absolute Gasteiger partial charge is 0.491 e. The first kappa shape index (κ1) is 47.8. The molecule has 0 saturated heterocycles. The lowest BCUT2D eigenvalue weighted by atomic mass is 10.1. The number of aryl methyl sites for hydroxylation is 1. The van der Waals surface area contributed by atoms with Crippen LogP contribution in [0.4, 0.5) is 16.4 Å². The smallest absolute Gasteiger partial charge is 0.314 e. The van der Waals surface area contributed by atoms with Crippen molar-refractivity contribution in [3.8, 4) is 5.75 Å². The third-order valence-electron chi connectivity index (χ3n) is 7.81. The number of carbonyl (C=O) groups is 3. The number of anilines is 2. The maximum atomic E-state index is 12.3. The molecule has 0 spiro atoms. The Morgan fingerprint density at radius 3 is 2.09 bits per heavy atom. The lowest BCUT2D eigenvalue weighted by molar-refractivity contribution is -0.119. The van der Waals surface area contributed by atoms with Gasteiger partial charge in [-0.2, -0.15) is 0 Å². The molecule has 0 saturated carbocycles. The van der Waals surface area contributed by atoms with Crippen LogP contribution < -0.4 is 37.9 Å². The van der Waals surface area contributed by atoms with Crippen LogP contribution >= 0.6 is 11.6 Å². The highest BCUT2D eigenvalue weighted by Gasteiger charge is 2.16. The van der Waals surface area contributed by atoms with Crippen LogP contribution in [-0.4, -0.2) is 126 Å². The standard InChI is InChI=1S/C37H60ClN9O9/c1-51-20-21-54-24-22-52-18-7-10-29(48)9-3-2-5-16-43-37(50)44-17-19-53-23-25-55-26-27-56-30-13-11-28(12-14-30)8-4-6-15-42-36(41)47-35(49)31-33(39)46-34(40)32(38)45-31/h11-14H,2-10,15-27H2,1H3,(H4,39,40,46)(H2,43,44,50)(H3,41,42,47,49). The maximum absolute atomic E-state index is 12.3. The van der Waals surface area contributed by atoms with Crippen LogP contribution in [0, 0.1) is 0 Å². The fourth-order valence-corrected chi connectivity index (χ4v) is 4.97. The number of urea groups is 1. The quantitative estimate of drug-likeness (QED) is 0.0353. The minimum atomic E-state index is -0.679. The Morgan fingerprint density at radius 1 is 0.714 bits per heavy atom. The number of guanidine groups is 1. The molecule has 2 rings (SSSR count). The summed E-state index contributed by atoms with van der Waals surface area (Å²) in [6.45, 7) is 6.11. The zero-order valence-corrected chi connectivity index (χ0v) is 33.2. The van der Waals surface area contributed by atoms with Crippen LogP contribution in [0.25, 0.3) is 0 Å². The summed E-state index contributed by atoms with van der Waals surface area (Å²) in [5.74, 6) is 0.0191. The molecule has 314 valence electrons. The van der Waals surface area contributed by atoms with E-state index in [1.54, 1.807) is 7.11 Å². The van der Waals surface area contributed by atoms with E-state index in [4.69, 9.17) is 57.2 Å². The second-order valence-corrected chi connectivity index (χ2v) is 12.7. The summed E-state index contributed by atoms with van der Waals surface area (Å²) in [5.41, 5.74) is 18.0. The van der Waals surface area contributed by atoms with Gasteiger partial charge >= 0.3 is 6.03 Å². The topological polar surface area (TPSA) is 259 Å². The molecule has 3 amide bonds. The molecule has 1 aromatic heterocycles. The molecule has 0 fully saturated rings. The fourth-order valence-electron chi connectivity index (χ4n) is 4.84. The molecule has 18 nitrogen and oxygen atoms in total. The van der Waals surface area contributed by atoms with Crippen LogP contribution in [0.5, 0.6) is 5.75 Å². The summed E-state index contributed by atoms with van der Waals surface area (Å²) in [6, 6.07) is 7.61. The van der Waals surface area contributed by atoms with Crippen LogP contribution in [0.15, 0.2) is 29.3 Å². The second-order valence-electron chi connectivity index (χ2n) is 12.4. The molecule has 0 radical (unpaired) electrons. The number of Topliss-reactive ketones (excluding diaryl/α,β-unsaturated/α-hetero) is 1. The van der Waals surface area contributed by atoms with Crippen molar-refractivity contribution in [2.45, 2.75) is 57.8 Å². The number of ether oxygens (including phenoxy) is 6. The molecule has 56 heavy (non-hydrogen) atoms. The molecule has 2 aromatic rings. The number of carbonyl (C=O) groups excluding carboxylic acids is 3. The molecule has 0 aliphatic carbocycles. The Labute approximate surface area is 334 Å². The van der Waals surface area contributed by atoms with Crippen LogP contribution in [0.2, 0.25) is 5.15 Å². The first-order valence-corrected chi connectivity index (χ1v) is 19.3. The highest BCUT2D eigenvalue weighted by Crippen LogP contribution is 2.17. The number of nitrogens with two attached hydrogens (primary N) is 3. The molecule has 19 heteroatoms. The lowest BCUT2D eigenvalue weighted by Gasteiger charge is -2.10. The zero-order chi connectivity index (χ0) is 40.6. The minimum absolute atomic E-state index is 0.0614. The monoisotopic (exact) mass is 809 g/mol. The average molecular weight is 810 g/mol. The summed E-state index contributed by atoms with van der Waals surface area (Å²) in [4.78, 5) is 48.0. The number of rotatable bonds is 32. The predicted octanol–water partition coefficient (Wildman–Crippen LogP) is 2.66. The molecule has 0 bridgehead atoms. The van der Waals surface area contributed by atoms with Crippen molar-refractivity contribution in [1.82, 2.24) is 25.9 Å². The first-order chi connectivity index (χ1) is 27.2. The van der Waals surface area contributed by atoms with E-state index in [0.717, 1.165) is 49.8 Å². The van der Waals surface area contributed by atoms with Crippen molar-refractivity contribution >= 4 is 46.9 Å². The zero-order valence-electron chi connectivity index (χ0n) is 32.5. The summed E-state index contributed by atoms with van der Waals surface area (Å²) in [5, 5.41) is 7.86. The average Bonchev–Trinajstić information content (AvgIpc) is 3.18. The van der Waals surface area contributed by atoms with Gasteiger partial charge in [0, 0.05) is 46.2 Å². The molecule has 9 N–H and O–H groups in total. The number of nitrogens with one attached hydrogen (secondary N) is 3. The minimum Gasteiger partial charge on any atom is -0.491 e. The summed E-state index contributed by atoms with van der Waals surface area (Å²) in [7, 11) is 1.63. The Kier molecular flexibility index (Phi) is 26.3. The predicted molar refractivity (Wildman–Crippen MR) is 214 cm³/mol. The molecule has 0 aliphatic heterocycles. The number of amides is 3. The maximum Gasteiger partial charge on any atom is 0.314 e. The van der Waals surface area contributed by atoms with Gasteiger partial charge in [0.15, 0.2) is 28.4 Å². The highest BCUT2D eigenvalue weighted by molar-refractivity contribution is 6.31. The Morgan fingerprint density at radius 2 is 1.36 bits per heavy atom. The number of unbranched alkanes of at least 4 members (excludes halogenated alkanes) is 3. The van der Waals surface area contributed by atoms with E-state index in [-0.39, 0.29) is 40.3 Å². The van der Waals surface area contributed by atoms with Gasteiger partial charge in [-0.05, 0) is 56.2 Å². The number of hydrogen-bond acceptors (Lipinski definition) is 14. The number of halogens is 1. The molecule has 1 heterocycles. The number of ketones is 1. The Hall–Kier alpha value is -4.33. The summed E-state index contributed by atoms with van der Waals surface area (Å²) in [6.07, 6.45) is 6.77. The SMILES string of the molecule is COCCOCCOCCCC(=O)CCCCCNC(=O)NCCOCCOCCOc1ccc(CCCCN=C(N)NC(=O)c2nc(Cl)c(N)nc2N)cc1. The van der Waals surface area contributed by atoms with Gasteiger partial charge in [-0.15, -0.1) is 0 Å². The summed E-state index contributed by atoms with van der Waals surface area (Å²) >= 11 is 5.81. The van der Waals surface area contributed by atoms with Crippen molar-refractivity contribution in [1.29, 1.82) is 0 Å². The van der Waals surface area contributed by atoms with Crippen molar-refractivity contribution in [3.05, 3.63) is 40.7 Å². The van der Waals surface area contributed by atoms with E-state index < -0.39 is 5.91 Å². The van der Waals surface area contributed by atoms with Crippen LogP contribution in [-0.2, 0) is 34.9 Å². The number of nitrogens with zero attached hydrogens (tertiary/aromatic N) is 3. The molecular weight excluding hydrogens is 750 g/mol. The van der Waals surface area contributed by atoms with Gasteiger partial charge in [-0.3, -0.25) is 19.9 Å². The molecular formula is C37H60ClN9O9. The third kappa shape index (κ3) is 23.6. The second kappa shape index (κ2) is 30.8. The van der Waals surface area contributed by atoms with E-state index >= 15 is 0 Å². The Bertz CT molecular complexity index is 1440. The number of benzene rings is 1. The number of aliphatic imine (C=N–C) groups is 1. The number of methoxy groups -OCH3 is 1. The lowest BCUT2D eigenvalue weighted by Crippen LogP contribution is -2.38. The molecule has 1 aromatic carbocycles. The van der Waals surface area contributed by atoms with Gasteiger partial charge in [0.25, 0.3) is 5.91 Å². The van der Waals surface area contributed by atoms with Crippen LogP contribution in [0.3, 0.4) is 0 Å². The Balaban J connectivity index is 1.36. The number of nitrogen functional groups attached to an aromatic ring is 2. The van der Waals surface area contributed by atoms with Gasteiger partial charge in [-0.1, -0.05) is 30.2 Å². The normalized spacial score (nSPS) is 11.4. The third-order valence-corrected chi connectivity index (χ3v) is 8.09. The molecule has 0 atom stereocenters. The number of aromatic nitrogens is 2. The van der Waals surface area contributed by atoms with Crippen molar-refractivity contribution in [2.24, 2.45) is 10.7 Å². The van der Waals surface area contributed by atoms with E-state index in [2.05, 4.69) is 30.9 Å². The molecule has 0 unspecified atom stereocenters. The van der Waals surface area contributed by atoms with Crippen LogP contribution in [0.1, 0.15) is 67.4 Å². The van der Waals surface area contributed by atoms with Gasteiger partial charge in [-0.25, -0.2) is 14.8 Å². The first-order valence-electron chi connectivity index (χ1n) is 18.9. The van der Waals surface area contributed by atoms with Gasteiger partial charge in [0.2, 0.25) is 0 Å².